The molecule has 146 valence electrons. The van der Waals surface area contributed by atoms with Crippen LogP contribution in [0.1, 0.15) is 58.6 Å². The van der Waals surface area contributed by atoms with Crippen molar-refractivity contribution in [3.8, 4) is 5.75 Å². The summed E-state index contributed by atoms with van der Waals surface area (Å²) in [6.07, 6.45) is 0. The Balaban J connectivity index is 1.73. The second kappa shape index (κ2) is 7.62. The molecule has 2 aromatic rings. The third-order valence-corrected chi connectivity index (χ3v) is 5.67. The fraction of sp³-hybridized carbons (Fsp3) is 0.435. The second-order valence-electron chi connectivity index (χ2n) is 8.61. The van der Waals surface area contributed by atoms with Crippen LogP contribution in [0.5, 0.6) is 5.75 Å². The zero-order valence-corrected chi connectivity index (χ0v) is 17.6. The van der Waals surface area contributed by atoms with E-state index in [1.54, 1.807) is 6.07 Å². The van der Waals surface area contributed by atoms with Gasteiger partial charge in [0, 0.05) is 0 Å². The van der Waals surface area contributed by atoms with Gasteiger partial charge < -0.3 is 14.0 Å². The van der Waals surface area contributed by atoms with Gasteiger partial charge in [0.25, 0.3) is 0 Å². The Morgan fingerprint density at radius 1 is 1.00 bits per heavy atom. The van der Waals surface area contributed by atoms with Crippen molar-refractivity contribution in [3.63, 3.8) is 0 Å². The molecule has 5 heteroatoms. The average Bonchev–Trinajstić information content (AvgIpc) is 2.87. The van der Waals surface area contributed by atoms with Crippen LogP contribution in [0.25, 0.3) is 4.85 Å². The Labute approximate surface area is 168 Å². The molecule has 0 radical (unpaired) electrons. The van der Waals surface area contributed by atoms with Crippen molar-refractivity contribution in [2.24, 2.45) is 0 Å². The quantitative estimate of drug-likeness (QED) is 0.528. The van der Waals surface area contributed by atoms with Crippen molar-refractivity contribution in [1.82, 2.24) is 0 Å². The standard InChI is InChI=1S/C23H28BNO3/c1-16(2)18-10-8-17(9-11-18)15-26-21-13-12-19(14-20(21)25-7)24-27-22(3,4)23(5,6)28-24/h8-14,16H,15H2,1-6H3. The summed E-state index contributed by atoms with van der Waals surface area (Å²) in [5.41, 5.74) is 2.86. The SMILES string of the molecule is [C-]#[N+]c1cc(B2OC(C)(C)C(C)(C)O2)ccc1OCc1ccc(C(C)C)cc1. The van der Waals surface area contributed by atoms with E-state index in [1.165, 1.54) is 5.56 Å². The molecule has 2 aromatic carbocycles. The topological polar surface area (TPSA) is 32.0 Å². The molecule has 0 atom stereocenters. The predicted molar refractivity (Wildman–Crippen MR) is 113 cm³/mol. The van der Waals surface area contributed by atoms with Crippen molar-refractivity contribution >= 4 is 18.3 Å². The Hall–Kier alpha value is -2.29. The van der Waals surface area contributed by atoms with Gasteiger partial charge in [0.15, 0.2) is 0 Å². The maximum Gasteiger partial charge on any atom is 0.493 e. The van der Waals surface area contributed by atoms with Crippen LogP contribution in [0.2, 0.25) is 0 Å². The summed E-state index contributed by atoms with van der Waals surface area (Å²) in [5, 5.41) is 0. The summed E-state index contributed by atoms with van der Waals surface area (Å²) < 4.78 is 18.1. The molecule has 1 aliphatic rings. The highest BCUT2D eigenvalue weighted by Gasteiger charge is 2.51. The van der Waals surface area contributed by atoms with E-state index < -0.39 is 18.3 Å². The monoisotopic (exact) mass is 377 g/mol. The first-order valence-corrected chi connectivity index (χ1v) is 9.71. The number of benzene rings is 2. The van der Waals surface area contributed by atoms with E-state index in [9.17, 15) is 0 Å². The van der Waals surface area contributed by atoms with Crippen molar-refractivity contribution in [2.45, 2.75) is 65.3 Å². The zero-order chi connectivity index (χ0) is 20.5. The van der Waals surface area contributed by atoms with Crippen LogP contribution >= 0.6 is 0 Å². The van der Waals surface area contributed by atoms with Crippen LogP contribution in [0.15, 0.2) is 42.5 Å². The summed E-state index contributed by atoms with van der Waals surface area (Å²) >= 11 is 0. The van der Waals surface area contributed by atoms with Crippen molar-refractivity contribution in [2.75, 3.05) is 0 Å². The molecule has 0 aliphatic carbocycles. The molecular formula is C23H28BNO3. The minimum absolute atomic E-state index is 0.409. The maximum atomic E-state index is 7.53. The Morgan fingerprint density at radius 2 is 1.61 bits per heavy atom. The van der Waals surface area contributed by atoms with Crippen molar-refractivity contribution in [1.29, 1.82) is 0 Å². The van der Waals surface area contributed by atoms with Gasteiger partial charge in [0.1, 0.15) is 12.4 Å². The molecule has 0 unspecified atom stereocenters. The number of hydrogen-bond donors (Lipinski definition) is 0. The van der Waals surface area contributed by atoms with E-state index >= 15 is 0 Å². The highest BCUT2D eigenvalue weighted by atomic mass is 16.7. The zero-order valence-electron chi connectivity index (χ0n) is 17.6. The van der Waals surface area contributed by atoms with E-state index in [0.717, 1.165) is 11.0 Å². The van der Waals surface area contributed by atoms with Gasteiger partial charge in [0.2, 0.25) is 5.69 Å². The number of hydrogen-bond acceptors (Lipinski definition) is 3. The number of nitrogens with zero attached hydrogens (tertiary/aromatic N) is 1. The Morgan fingerprint density at radius 3 is 2.14 bits per heavy atom. The molecule has 0 saturated carbocycles. The van der Waals surface area contributed by atoms with Crippen LogP contribution in [-0.2, 0) is 15.9 Å². The van der Waals surface area contributed by atoms with E-state index in [0.29, 0.717) is 24.0 Å². The smallest absolute Gasteiger partial charge is 0.493 e. The van der Waals surface area contributed by atoms with Crippen molar-refractivity contribution in [3.05, 3.63) is 65.0 Å². The lowest BCUT2D eigenvalue weighted by Crippen LogP contribution is -2.41. The summed E-state index contributed by atoms with van der Waals surface area (Å²) in [5.74, 6) is 1.08. The minimum Gasteiger partial charge on any atom is -0.500 e. The normalized spacial score (nSPS) is 17.6. The van der Waals surface area contributed by atoms with Gasteiger partial charge in [-0.25, -0.2) is 4.85 Å². The molecule has 0 amide bonds. The third kappa shape index (κ3) is 4.09. The molecule has 1 fully saturated rings. The molecule has 1 aliphatic heterocycles. The molecule has 0 bridgehead atoms. The molecule has 1 heterocycles. The molecule has 0 spiro atoms. The van der Waals surface area contributed by atoms with E-state index in [2.05, 4.69) is 43.0 Å². The Bertz CT molecular complexity index is 866. The predicted octanol–water partition coefficient (Wildman–Crippen LogP) is 5.24. The highest BCUT2D eigenvalue weighted by molar-refractivity contribution is 6.62. The first kappa shape index (κ1) is 20.4. The van der Waals surface area contributed by atoms with Gasteiger partial charge in [-0.15, -0.1) is 0 Å². The first-order valence-electron chi connectivity index (χ1n) is 9.71. The lowest BCUT2D eigenvalue weighted by atomic mass is 9.79. The van der Waals surface area contributed by atoms with Crippen LogP contribution in [0, 0.1) is 6.57 Å². The van der Waals surface area contributed by atoms with Crippen LogP contribution in [0.4, 0.5) is 5.69 Å². The highest BCUT2D eigenvalue weighted by Crippen LogP contribution is 2.37. The van der Waals surface area contributed by atoms with Gasteiger partial charge in [-0.3, -0.25) is 0 Å². The molecule has 4 nitrogen and oxygen atoms in total. The summed E-state index contributed by atoms with van der Waals surface area (Å²) in [7, 11) is -0.483. The molecule has 0 N–H and O–H groups in total. The summed E-state index contributed by atoms with van der Waals surface area (Å²) in [4.78, 5) is 3.64. The number of rotatable bonds is 5. The molecule has 3 rings (SSSR count). The van der Waals surface area contributed by atoms with Gasteiger partial charge >= 0.3 is 7.12 Å². The lowest BCUT2D eigenvalue weighted by molar-refractivity contribution is 0.00578. The van der Waals surface area contributed by atoms with Crippen LogP contribution in [-0.4, -0.2) is 18.3 Å². The third-order valence-electron chi connectivity index (χ3n) is 5.67. The largest absolute Gasteiger partial charge is 0.500 e. The number of ether oxygens (including phenoxy) is 1. The van der Waals surface area contributed by atoms with E-state index in [-0.39, 0.29) is 0 Å². The summed E-state index contributed by atoms with van der Waals surface area (Å²) in [6.45, 7) is 20.4. The second-order valence-corrected chi connectivity index (χ2v) is 8.61. The molecule has 28 heavy (non-hydrogen) atoms. The van der Waals surface area contributed by atoms with Gasteiger partial charge in [-0.2, -0.15) is 0 Å². The molecule has 0 aromatic heterocycles. The summed E-state index contributed by atoms with van der Waals surface area (Å²) in [6, 6.07) is 13.9. The van der Waals surface area contributed by atoms with Crippen LogP contribution in [0.3, 0.4) is 0 Å². The maximum absolute atomic E-state index is 7.53. The van der Waals surface area contributed by atoms with E-state index in [4.69, 9.17) is 20.6 Å². The average molecular weight is 377 g/mol. The lowest BCUT2D eigenvalue weighted by Gasteiger charge is -2.32. The van der Waals surface area contributed by atoms with Gasteiger partial charge in [-0.05, 0) is 56.3 Å². The Kier molecular flexibility index (Phi) is 5.56. The minimum atomic E-state index is -0.483. The van der Waals surface area contributed by atoms with Crippen molar-refractivity contribution < 1.29 is 14.0 Å². The van der Waals surface area contributed by atoms with Gasteiger partial charge in [0.05, 0.1) is 17.8 Å². The fourth-order valence-electron chi connectivity index (χ4n) is 3.03. The molecular weight excluding hydrogens is 349 g/mol. The van der Waals surface area contributed by atoms with E-state index in [1.807, 2.05) is 39.8 Å². The fourth-order valence-corrected chi connectivity index (χ4v) is 3.03. The first-order chi connectivity index (χ1) is 13.1. The van der Waals surface area contributed by atoms with Crippen LogP contribution < -0.4 is 10.2 Å². The van der Waals surface area contributed by atoms with Gasteiger partial charge in [-0.1, -0.05) is 50.2 Å². The molecule has 1 saturated heterocycles.